The van der Waals surface area contributed by atoms with Crippen molar-refractivity contribution in [1.29, 1.82) is 0 Å². The van der Waals surface area contributed by atoms with E-state index in [2.05, 4.69) is 5.32 Å². The van der Waals surface area contributed by atoms with Crippen LogP contribution in [0.2, 0.25) is 5.02 Å². The maximum absolute atomic E-state index is 12.8. The highest BCUT2D eigenvalue weighted by Gasteiger charge is 2.20. The molecule has 0 aliphatic carbocycles. The molecule has 132 valence electrons. The van der Waals surface area contributed by atoms with Crippen LogP contribution in [0.25, 0.3) is 0 Å². The van der Waals surface area contributed by atoms with Crippen molar-refractivity contribution >= 4 is 46.1 Å². The smallest absolute Gasteiger partial charge is 0.268 e. The Balaban J connectivity index is 1.90. The van der Waals surface area contributed by atoms with Gasteiger partial charge in [0.25, 0.3) is 11.8 Å². The Kier molecular flexibility index (Phi) is 5.40. The van der Waals surface area contributed by atoms with Crippen LogP contribution in [0.3, 0.4) is 0 Å². The first-order chi connectivity index (χ1) is 12.5. The zero-order valence-corrected chi connectivity index (χ0v) is 15.9. The van der Waals surface area contributed by atoms with Crippen molar-refractivity contribution in [3.05, 3.63) is 81.0 Å². The highest BCUT2D eigenvalue weighted by molar-refractivity contribution is 7.12. The molecule has 1 N–H and O–H groups in total. The van der Waals surface area contributed by atoms with Crippen molar-refractivity contribution in [2.45, 2.75) is 6.92 Å². The van der Waals surface area contributed by atoms with Crippen LogP contribution in [-0.2, 0) is 0 Å². The number of anilines is 2. The highest BCUT2D eigenvalue weighted by atomic mass is 35.5. The second kappa shape index (κ2) is 7.72. The van der Waals surface area contributed by atoms with Crippen molar-refractivity contribution in [2.24, 2.45) is 0 Å². The lowest BCUT2D eigenvalue weighted by Crippen LogP contribution is -2.28. The van der Waals surface area contributed by atoms with Gasteiger partial charge in [-0.2, -0.15) is 0 Å². The Labute approximate surface area is 161 Å². The average molecular weight is 385 g/mol. The van der Waals surface area contributed by atoms with Gasteiger partial charge in [0, 0.05) is 17.8 Å². The first-order valence-corrected chi connectivity index (χ1v) is 9.22. The van der Waals surface area contributed by atoms with Crippen molar-refractivity contribution in [3.63, 3.8) is 0 Å². The number of benzene rings is 2. The minimum Gasteiger partial charge on any atom is -0.322 e. The van der Waals surface area contributed by atoms with Gasteiger partial charge in [0.15, 0.2) is 0 Å². The SMILES string of the molecule is Cc1c(Cl)cccc1NC(=O)c1ccccc1N(C)C(=O)c1cccs1. The van der Waals surface area contributed by atoms with E-state index in [0.717, 1.165) is 5.56 Å². The lowest BCUT2D eigenvalue weighted by molar-refractivity contribution is 0.0996. The molecule has 0 spiro atoms. The summed E-state index contributed by atoms with van der Waals surface area (Å²) in [5.74, 6) is -0.448. The van der Waals surface area contributed by atoms with Crippen LogP contribution >= 0.6 is 22.9 Å². The maximum Gasteiger partial charge on any atom is 0.268 e. The van der Waals surface area contributed by atoms with Crippen molar-refractivity contribution < 1.29 is 9.59 Å². The van der Waals surface area contributed by atoms with Gasteiger partial charge in [-0.05, 0) is 48.2 Å². The molecule has 0 fully saturated rings. The van der Waals surface area contributed by atoms with Crippen LogP contribution in [0.1, 0.15) is 25.6 Å². The predicted molar refractivity (Wildman–Crippen MR) is 108 cm³/mol. The standard InChI is InChI=1S/C20H17ClN2O2S/c1-13-15(21)8-5-9-16(13)22-19(24)14-7-3-4-10-17(14)23(2)20(25)18-11-6-12-26-18/h3-12H,1-2H3,(H,22,24). The Hall–Kier alpha value is -2.63. The molecule has 1 aromatic heterocycles. The normalized spacial score (nSPS) is 10.4. The zero-order valence-electron chi connectivity index (χ0n) is 14.3. The van der Waals surface area contributed by atoms with Gasteiger partial charge in [-0.25, -0.2) is 0 Å². The molecule has 0 radical (unpaired) electrons. The molecule has 6 heteroatoms. The second-order valence-corrected chi connectivity index (χ2v) is 7.08. The summed E-state index contributed by atoms with van der Waals surface area (Å²) in [6, 6.07) is 16.0. The number of carbonyl (C=O) groups excluding carboxylic acids is 2. The van der Waals surface area contributed by atoms with Crippen molar-refractivity contribution in [1.82, 2.24) is 0 Å². The molecule has 0 saturated heterocycles. The van der Waals surface area contributed by atoms with E-state index in [9.17, 15) is 9.59 Å². The summed E-state index contributed by atoms with van der Waals surface area (Å²) in [5, 5.41) is 5.31. The Bertz CT molecular complexity index is 954. The monoisotopic (exact) mass is 384 g/mol. The van der Waals surface area contributed by atoms with Gasteiger partial charge in [0.2, 0.25) is 0 Å². The van der Waals surface area contributed by atoms with Gasteiger partial charge in [-0.1, -0.05) is 35.9 Å². The molecular weight excluding hydrogens is 368 g/mol. The number of carbonyl (C=O) groups is 2. The molecule has 0 atom stereocenters. The minimum absolute atomic E-state index is 0.154. The number of nitrogens with zero attached hydrogens (tertiary/aromatic N) is 1. The summed E-state index contributed by atoms with van der Waals surface area (Å²) in [6.45, 7) is 1.84. The number of para-hydroxylation sites is 1. The van der Waals surface area contributed by atoms with E-state index in [1.165, 1.54) is 16.2 Å². The molecule has 0 aliphatic heterocycles. The molecule has 26 heavy (non-hydrogen) atoms. The average Bonchev–Trinajstić information content (AvgIpc) is 3.19. The molecule has 2 amide bonds. The summed E-state index contributed by atoms with van der Waals surface area (Å²) in [4.78, 5) is 27.6. The number of thiophene rings is 1. The third-order valence-corrected chi connectivity index (χ3v) is 5.33. The number of hydrogen-bond donors (Lipinski definition) is 1. The third kappa shape index (κ3) is 3.64. The molecule has 2 aromatic carbocycles. The van der Waals surface area contributed by atoms with Crippen LogP contribution < -0.4 is 10.2 Å². The molecule has 4 nitrogen and oxygen atoms in total. The van der Waals surface area contributed by atoms with Crippen molar-refractivity contribution in [3.8, 4) is 0 Å². The van der Waals surface area contributed by atoms with E-state index >= 15 is 0 Å². The zero-order chi connectivity index (χ0) is 18.7. The number of halogens is 1. The fourth-order valence-electron chi connectivity index (χ4n) is 2.57. The largest absolute Gasteiger partial charge is 0.322 e. The minimum atomic E-state index is -0.295. The van der Waals surface area contributed by atoms with Gasteiger partial charge < -0.3 is 10.2 Å². The molecular formula is C20H17ClN2O2S. The first-order valence-electron chi connectivity index (χ1n) is 7.96. The fourth-order valence-corrected chi connectivity index (χ4v) is 3.44. The number of amides is 2. The van der Waals surface area contributed by atoms with Crippen LogP contribution in [0.4, 0.5) is 11.4 Å². The summed E-state index contributed by atoms with van der Waals surface area (Å²) >= 11 is 7.49. The Morgan fingerprint density at radius 3 is 2.54 bits per heavy atom. The molecule has 3 rings (SSSR count). The third-order valence-electron chi connectivity index (χ3n) is 4.06. The molecule has 3 aromatic rings. The lowest BCUT2D eigenvalue weighted by atomic mass is 10.1. The summed E-state index contributed by atoms with van der Waals surface area (Å²) in [6.07, 6.45) is 0. The predicted octanol–water partition coefficient (Wildman–Crippen LogP) is 5.24. The van der Waals surface area contributed by atoms with E-state index in [0.29, 0.717) is 26.8 Å². The number of hydrogen-bond acceptors (Lipinski definition) is 3. The summed E-state index contributed by atoms with van der Waals surface area (Å²) in [5.41, 5.74) is 2.40. The Morgan fingerprint density at radius 2 is 1.81 bits per heavy atom. The summed E-state index contributed by atoms with van der Waals surface area (Å²) < 4.78 is 0. The van der Waals surface area contributed by atoms with Gasteiger partial charge >= 0.3 is 0 Å². The number of rotatable bonds is 4. The van der Waals surface area contributed by atoms with Crippen LogP contribution in [0, 0.1) is 6.92 Å². The van der Waals surface area contributed by atoms with Gasteiger partial charge in [0.05, 0.1) is 16.1 Å². The van der Waals surface area contributed by atoms with E-state index in [-0.39, 0.29) is 11.8 Å². The van der Waals surface area contributed by atoms with E-state index in [1.807, 2.05) is 18.4 Å². The van der Waals surface area contributed by atoms with Gasteiger partial charge in [-0.3, -0.25) is 9.59 Å². The van der Waals surface area contributed by atoms with Gasteiger partial charge in [-0.15, -0.1) is 11.3 Å². The molecule has 0 aliphatic rings. The molecule has 1 heterocycles. The highest BCUT2D eigenvalue weighted by Crippen LogP contribution is 2.26. The van der Waals surface area contributed by atoms with E-state index in [4.69, 9.17) is 11.6 Å². The Morgan fingerprint density at radius 1 is 1.04 bits per heavy atom. The second-order valence-electron chi connectivity index (χ2n) is 5.73. The fraction of sp³-hybridized carbons (Fsp3) is 0.100. The first kappa shape index (κ1) is 18.2. The van der Waals surface area contributed by atoms with Crippen LogP contribution in [0.5, 0.6) is 0 Å². The molecule has 0 saturated carbocycles. The van der Waals surface area contributed by atoms with Crippen molar-refractivity contribution in [2.75, 3.05) is 17.3 Å². The van der Waals surface area contributed by atoms with Gasteiger partial charge in [0.1, 0.15) is 0 Å². The maximum atomic E-state index is 12.8. The topological polar surface area (TPSA) is 49.4 Å². The lowest BCUT2D eigenvalue weighted by Gasteiger charge is -2.20. The number of nitrogens with one attached hydrogen (secondary N) is 1. The molecule has 0 bridgehead atoms. The summed E-state index contributed by atoms with van der Waals surface area (Å²) in [7, 11) is 1.67. The quantitative estimate of drug-likeness (QED) is 0.668. The van der Waals surface area contributed by atoms with Crippen LogP contribution in [0.15, 0.2) is 60.0 Å². The van der Waals surface area contributed by atoms with Crippen LogP contribution in [-0.4, -0.2) is 18.9 Å². The van der Waals surface area contributed by atoms with E-state index in [1.54, 1.807) is 55.6 Å². The molecule has 0 unspecified atom stereocenters. The van der Waals surface area contributed by atoms with E-state index < -0.39 is 0 Å².